The maximum absolute atomic E-state index is 11.5. The largest absolute Gasteiger partial charge is 0.347 e. The zero-order valence-electron chi connectivity index (χ0n) is 11.2. The van der Waals surface area contributed by atoms with Crippen LogP contribution in [0.5, 0.6) is 0 Å². The van der Waals surface area contributed by atoms with Crippen LogP contribution in [-0.2, 0) is 9.59 Å². The van der Waals surface area contributed by atoms with Crippen LogP contribution in [0.4, 0.5) is 0 Å². The van der Waals surface area contributed by atoms with Gasteiger partial charge in [0, 0.05) is 25.2 Å². The first-order valence-electron chi connectivity index (χ1n) is 5.82. The van der Waals surface area contributed by atoms with Crippen molar-refractivity contribution in [2.45, 2.75) is 6.92 Å². The summed E-state index contributed by atoms with van der Waals surface area (Å²) in [6.45, 7) is 1.90. The molecular weight excluding hydrogens is 264 g/mol. The van der Waals surface area contributed by atoms with Gasteiger partial charge in [0.1, 0.15) is 0 Å². The van der Waals surface area contributed by atoms with E-state index in [4.69, 9.17) is 11.6 Å². The standard InChI is InChI=1S/C14H17ClN2O2/c1-10-4-5-11(8-12(10)15)6-7-13(18)16-9-14(19)17(2)3/h4-8H,9H2,1-3H3,(H,16,18)/b7-6+. The summed E-state index contributed by atoms with van der Waals surface area (Å²) in [6, 6.07) is 5.54. The molecule has 2 amide bonds. The molecular formula is C14H17ClN2O2. The van der Waals surface area contributed by atoms with E-state index in [0.717, 1.165) is 11.1 Å². The lowest BCUT2D eigenvalue weighted by atomic mass is 10.1. The predicted octanol–water partition coefficient (Wildman–Crippen LogP) is 1.87. The topological polar surface area (TPSA) is 49.4 Å². The van der Waals surface area contributed by atoms with Crippen LogP contribution in [0, 0.1) is 6.92 Å². The Morgan fingerprint density at radius 3 is 2.63 bits per heavy atom. The molecule has 102 valence electrons. The molecule has 0 aliphatic rings. The monoisotopic (exact) mass is 280 g/mol. The fraction of sp³-hybridized carbons (Fsp3) is 0.286. The van der Waals surface area contributed by atoms with E-state index in [0.29, 0.717) is 5.02 Å². The van der Waals surface area contributed by atoms with Gasteiger partial charge in [0.2, 0.25) is 11.8 Å². The van der Waals surface area contributed by atoms with Gasteiger partial charge in [-0.3, -0.25) is 9.59 Å². The van der Waals surface area contributed by atoms with Gasteiger partial charge in [-0.1, -0.05) is 23.7 Å². The summed E-state index contributed by atoms with van der Waals surface area (Å²) < 4.78 is 0. The minimum atomic E-state index is -0.313. The number of likely N-dealkylation sites (N-methyl/N-ethyl adjacent to an activating group) is 1. The van der Waals surface area contributed by atoms with Crippen molar-refractivity contribution in [3.8, 4) is 0 Å². The molecule has 0 heterocycles. The maximum Gasteiger partial charge on any atom is 0.244 e. The number of carbonyl (C=O) groups is 2. The number of halogens is 1. The Morgan fingerprint density at radius 1 is 1.37 bits per heavy atom. The van der Waals surface area contributed by atoms with E-state index >= 15 is 0 Å². The third-order valence-electron chi connectivity index (χ3n) is 2.54. The molecule has 0 aliphatic heterocycles. The summed E-state index contributed by atoms with van der Waals surface area (Å²) in [5.41, 5.74) is 1.82. The Morgan fingerprint density at radius 2 is 2.05 bits per heavy atom. The molecule has 1 N–H and O–H groups in total. The average Bonchev–Trinajstić information content (AvgIpc) is 2.37. The molecule has 19 heavy (non-hydrogen) atoms. The lowest BCUT2D eigenvalue weighted by molar-refractivity contribution is -0.129. The molecule has 0 atom stereocenters. The normalized spacial score (nSPS) is 10.5. The number of aryl methyl sites for hydroxylation is 1. The number of nitrogens with one attached hydrogen (secondary N) is 1. The highest BCUT2D eigenvalue weighted by molar-refractivity contribution is 6.31. The first-order chi connectivity index (χ1) is 8.90. The van der Waals surface area contributed by atoms with E-state index in [1.165, 1.54) is 11.0 Å². The van der Waals surface area contributed by atoms with E-state index in [2.05, 4.69) is 5.32 Å². The van der Waals surface area contributed by atoms with E-state index in [9.17, 15) is 9.59 Å². The number of benzene rings is 1. The summed E-state index contributed by atoms with van der Waals surface area (Å²) in [5.74, 6) is -0.466. The second-order valence-corrected chi connectivity index (χ2v) is 4.76. The average molecular weight is 281 g/mol. The van der Waals surface area contributed by atoms with E-state index in [-0.39, 0.29) is 18.4 Å². The molecule has 1 aromatic carbocycles. The second-order valence-electron chi connectivity index (χ2n) is 4.35. The third kappa shape index (κ3) is 5.14. The third-order valence-corrected chi connectivity index (χ3v) is 2.94. The highest BCUT2D eigenvalue weighted by Crippen LogP contribution is 2.17. The SMILES string of the molecule is Cc1ccc(/C=C/C(=O)NCC(=O)N(C)C)cc1Cl. The summed E-state index contributed by atoms with van der Waals surface area (Å²) in [7, 11) is 3.28. The minimum Gasteiger partial charge on any atom is -0.347 e. The molecule has 0 saturated carbocycles. The van der Waals surface area contributed by atoms with Gasteiger partial charge in [-0.05, 0) is 30.2 Å². The van der Waals surface area contributed by atoms with Crippen molar-refractivity contribution in [1.29, 1.82) is 0 Å². The second kappa shape index (κ2) is 6.95. The van der Waals surface area contributed by atoms with Gasteiger partial charge in [0.15, 0.2) is 0 Å². The molecule has 0 spiro atoms. The van der Waals surface area contributed by atoms with Crippen molar-refractivity contribution < 1.29 is 9.59 Å². The number of carbonyl (C=O) groups excluding carboxylic acids is 2. The van der Waals surface area contributed by atoms with Crippen molar-refractivity contribution in [1.82, 2.24) is 10.2 Å². The van der Waals surface area contributed by atoms with Gasteiger partial charge >= 0.3 is 0 Å². The zero-order valence-corrected chi connectivity index (χ0v) is 12.0. The molecule has 0 saturated heterocycles. The molecule has 0 radical (unpaired) electrons. The molecule has 1 rings (SSSR count). The Hall–Kier alpha value is -1.81. The van der Waals surface area contributed by atoms with Crippen LogP contribution in [0.1, 0.15) is 11.1 Å². The van der Waals surface area contributed by atoms with E-state index in [1.807, 2.05) is 19.1 Å². The first kappa shape index (κ1) is 15.2. The molecule has 0 fully saturated rings. The highest BCUT2D eigenvalue weighted by Gasteiger charge is 2.04. The Bertz CT molecular complexity index is 510. The highest BCUT2D eigenvalue weighted by atomic mass is 35.5. The van der Waals surface area contributed by atoms with E-state index in [1.54, 1.807) is 26.2 Å². The Kier molecular flexibility index (Phi) is 5.57. The van der Waals surface area contributed by atoms with Gasteiger partial charge in [0.25, 0.3) is 0 Å². The molecule has 4 nitrogen and oxygen atoms in total. The fourth-order valence-electron chi connectivity index (χ4n) is 1.26. The van der Waals surface area contributed by atoms with Crippen molar-refractivity contribution in [3.63, 3.8) is 0 Å². The molecule has 5 heteroatoms. The van der Waals surface area contributed by atoms with Crippen LogP contribution < -0.4 is 5.32 Å². The van der Waals surface area contributed by atoms with Crippen LogP contribution in [0.25, 0.3) is 6.08 Å². The molecule has 0 unspecified atom stereocenters. The number of hydrogen-bond acceptors (Lipinski definition) is 2. The van der Waals surface area contributed by atoms with Crippen LogP contribution in [-0.4, -0.2) is 37.4 Å². The maximum atomic E-state index is 11.5. The number of amides is 2. The van der Waals surface area contributed by atoms with Gasteiger partial charge in [-0.25, -0.2) is 0 Å². The van der Waals surface area contributed by atoms with Gasteiger partial charge in [-0.15, -0.1) is 0 Å². The smallest absolute Gasteiger partial charge is 0.244 e. The number of rotatable bonds is 4. The Balaban J connectivity index is 2.54. The number of nitrogens with zero attached hydrogens (tertiary/aromatic N) is 1. The summed E-state index contributed by atoms with van der Waals surface area (Å²) in [6.07, 6.45) is 3.03. The van der Waals surface area contributed by atoms with Gasteiger partial charge in [-0.2, -0.15) is 0 Å². The predicted molar refractivity (Wildman–Crippen MR) is 76.9 cm³/mol. The van der Waals surface area contributed by atoms with Gasteiger partial charge < -0.3 is 10.2 Å². The van der Waals surface area contributed by atoms with Gasteiger partial charge in [0.05, 0.1) is 6.54 Å². The molecule has 0 bridgehead atoms. The first-order valence-corrected chi connectivity index (χ1v) is 6.20. The minimum absolute atomic E-state index is 0.00910. The quantitative estimate of drug-likeness (QED) is 0.856. The van der Waals surface area contributed by atoms with Crippen molar-refractivity contribution in [3.05, 3.63) is 40.4 Å². The Labute approximate surface area is 118 Å². The van der Waals surface area contributed by atoms with E-state index < -0.39 is 0 Å². The molecule has 0 aromatic heterocycles. The summed E-state index contributed by atoms with van der Waals surface area (Å²) in [5, 5.41) is 3.17. The van der Waals surface area contributed by atoms with Crippen LogP contribution >= 0.6 is 11.6 Å². The summed E-state index contributed by atoms with van der Waals surface area (Å²) in [4.78, 5) is 24.2. The lowest BCUT2D eigenvalue weighted by Crippen LogP contribution is -2.35. The lowest BCUT2D eigenvalue weighted by Gasteiger charge is -2.09. The van der Waals surface area contributed by atoms with Crippen LogP contribution in [0.3, 0.4) is 0 Å². The fourth-order valence-corrected chi connectivity index (χ4v) is 1.45. The summed E-state index contributed by atoms with van der Waals surface area (Å²) >= 11 is 5.98. The van der Waals surface area contributed by atoms with Crippen LogP contribution in [0.2, 0.25) is 5.02 Å². The van der Waals surface area contributed by atoms with Crippen LogP contribution in [0.15, 0.2) is 24.3 Å². The molecule has 1 aromatic rings. The van der Waals surface area contributed by atoms with Crippen molar-refractivity contribution >= 4 is 29.5 Å². The van der Waals surface area contributed by atoms with Crippen molar-refractivity contribution in [2.24, 2.45) is 0 Å². The zero-order chi connectivity index (χ0) is 14.4. The molecule has 0 aliphatic carbocycles. The number of hydrogen-bond donors (Lipinski definition) is 1. The van der Waals surface area contributed by atoms with Crippen molar-refractivity contribution in [2.75, 3.05) is 20.6 Å².